The summed E-state index contributed by atoms with van der Waals surface area (Å²) in [5, 5.41) is 16.4. The molecule has 0 radical (unpaired) electrons. The largest absolute Gasteiger partial charge is 0.494 e. The van der Waals surface area contributed by atoms with Gasteiger partial charge in [0.05, 0.1) is 19.1 Å². The molecule has 0 saturated heterocycles. The molecule has 0 aliphatic rings. The van der Waals surface area contributed by atoms with Crippen molar-refractivity contribution in [2.24, 2.45) is 0 Å². The van der Waals surface area contributed by atoms with E-state index < -0.39 is 0 Å². The molecule has 0 aliphatic carbocycles. The molecule has 3 rings (SSSR count). The van der Waals surface area contributed by atoms with Crippen molar-refractivity contribution >= 4 is 11.6 Å². The van der Waals surface area contributed by atoms with Crippen LogP contribution in [-0.2, 0) is 4.79 Å². The molecule has 2 aromatic carbocycles. The highest BCUT2D eigenvalue weighted by molar-refractivity contribution is 5.94. The Labute approximate surface area is 168 Å². The highest BCUT2D eigenvalue weighted by atomic mass is 16.5. The van der Waals surface area contributed by atoms with Crippen LogP contribution in [0.15, 0.2) is 59.3 Å². The van der Waals surface area contributed by atoms with E-state index in [2.05, 4.69) is 16.3 Å². The monoisotopic (exact) mass is 392 g/mol. The van der Waals surface area contributed by atoms with Crippen LogP contribution in [0.2, 0.25) is 0 Å². The normalized spacial score (nSPS) is 10.2. The first-order chi connectivity index (χ1) is 14.2. The third-order valence-electron chi connectivity index (χ3n) is 4.03. The number of nitriles is 1. The van der Waals surface area contributed by atoms with Crippen LogP contribution in [0, 0.1) is 11.3 Å². The Hall–Kier alpha value is -3.86. The molecule has 148 valence electrons. The van der Waals surface area contributed by atoms with E-state index in [0.29, 0.717) is 23.9 Å². The zero-order valence-corrected chi connectivity index (χ0v) is 15.9. The van der Waals surface area contributed by atoms with Crippen molar-refractivity contribution in [1.29, 1.82) is 5.26 Å². The molecule has 0 bridgehead atoms. The second-order valence-electron chi connectivity index (χ2n) is 5.94. The molecule has 8 heteroatoms. The molecule has 0 saturated carbocycles. The number of hydrogen-bond acceptors (Lipinski definition) is 7. The third-order valence-corrected chi connectivity index (χ3v) is 4.03. The molecule has 0 aliphatic heterocycles. The minimum absolute atomic E-state index is 0.154. The highest BCUT2D eigenvalue weighted by Gasteiger charge is 2.16. The lowest BCUT2D eigenvalue weighted by atomic mass is 10.2. The summed E-state index contributed by atoms with van der Waals surface area (Å²) in [4.78, 5) is 14.2. The zero-order chi connectivity index (χ0) is 20.5. The summed E-state index contributed by atoms with van der Waals surface area (Å²) in [6, 6.07) is 16.2. The topological polar surface area (TPSA) is 101 Å². The number of rotatable bonds is 9. The van der Waals surface area contributed by atoms with E-state index in [1.54, 1.807) is 48.5 Å². The second kappa shape index (κ2) is 9.90. The summed E-state index contributed by atoms with van der Waals surface area (Å²) in [7, 11) is 0. The van der Waals surface area contributed by atoms with Crippen LogP contribution in [0.5, 0.6) is 11.5 Å². The van der Waals surface area contributed by atoms with Crippen molar-refractivity contribution < 1.29 is 18.7 Å². The van der Waals surface area contributed by atoms with Gasteiger partial charge in [0.2, 0.25) is 12.3 Å². The fourth-order valence-electron chi connectivity index (χ4n) is 2.66. The van der Waals surface area contributed by atoms with Gasteiger partial charge in [-0.05, 0) is 55.5 Å². The van der Waals surface area contributed by atoms with Crippen molar-refractivity contribution in [2.45, 2.75) is 13.3 Å². The highest BCUT2D eigenvalue weighted by Crippen LogP contribution is 2.22. The summed E-state index contributed by atoms with van der Waals surface area (Å²) in [6.45, 7) is 2.60. The SMILES string of the molecule is CCOc1ccc(N(CCC#N)C(=O)COc2ccc(-c3nnco3)cc2)cc1. The number of amides is 1. The summed E-state index contributed by atoms with van der Waals surface area (Å²) < 4.78 is 16.2. The van der Waals surface area contributed by atoms with Crippen LogP contribution in [0.25, 0.3) is 11.5 Å². The van der Waals surface area contributed by atoms with Gasteiger partial charge in [-0.15, -0.1) is 10.2 Å². The van der Waals surface area contributed by atoms with Crippen LogP contribution >= 0.6 is 0 Å². The van der Waals surface area contributed by atoms with E-state index in [4.69, 9.17) is 19.2 Å². The molecule has 3 aromatic rings. The Balaban J connectivity index is 1.64. The van der Waals surface area contributed by atoms with Crippen LogP contribution in [0.1, 0.15) is 13.3 Å². The van der Waals surface area contributed by atoms with E-state index in [9.17, 15) is 4.79 Å². The summed E-state index contributed by atoms with van der Waals surface area (Å²) >= 11 is 0. The van der Waals surface area contributed by atoms with Crippen molar-refractivity contribution in [2.75, 3.05) is 24.7 Å². The van der Waals surface area contributed by atoms with Crippen molar-refractivity contribution in [3.8, 4) is 29.0 Å². The quantitative estimate of drug-likeness (QED) is 0.549. The average Bonchev–Trinajstić information content (AvgIpc) is 3.29. The van der Waals surface area contributed by atoms with Gasteiger partial charge < -0.3 is 18.8 Å². The Bertz CT molecular complexity index is 948. The molecule has 1 heterocycles. The number of anilines is 1. The first-order valence-electron chi connectivity index (χ1n) is 9.11. The molecule has 0 fully saturated rings. The standard InChI is InChI=1S/C21H20N4O4/c1-2-27-18-10-6-17(7-11-18)25(13-3-12-22)20(26)14-28-19-8-4-16(5-9-19)21-24-23-15-29-21/h4-11,15H,2-3,13-14H2,1H3. The maximum atomic E-state index is 12.7. The molecular weight excluding hydrogens is 372 g/mol. The lowest BCUT2D eigenvalue weighted by molar-refractivity contribution is -0.120. The molecule has 8 nitrogen and oxygen atoms in total. The molecule has 0 atom stereocenters. The zero-order valence-electron chi connectivity index (χ0n) is 15.9. The number of carbonyl (C=O) groups is 1. The smallest absolute Gasteiger partial charge is 0.264 e. The van der Waals surface area contributed by atoms with Crippen molar-refractivity contribution in [3.05, 3.63) is 54.9 Å². The van der Waals surface area contributed by atoms with Crippen LogP contribution in [0.3, 0.4) is 0 Å². The van der Waals surface area contributed by atoms with Gasteiger partial charge in [0.15, 0.2) is 6.61 Å². The molecule has 0 N–H and O–H groups in total. The Morgan fingerprint density at radius 3 is 2.41 bits per heavy atom. The minimum atomic E-state index is -0.245. The predicted octanol–water partition coefficient (Wildman–Crippen LogP) is 3.46. The maximum absolute atomic E-state index is 12.7. The second-order valence-corrected chi connectivity index (χ2v) is 5.94. The number of ether oxygens (including phenoxy) is 2. The molecule has 0 unspecified atom stereocenters. The third kappa shape index (κ3) is 5.32. The van der Waals surface area contributed by atoms with Gasteiger partial charge in [-0.1, -0.05) is 0 Å². The number of aromatic nitrogens is 2. The van der Waals surface area contributed by atoms with Crippen LogP contribution in [0.4, 0.5) is 5.69 Å². The summed E-state index contributed by atoms with van der Waals surface area (Å²) in [6.07, 6.45) is 1.48. The molecule has 1 amide bonds. The Kier molecular flexibility index (Phi) is 6.79. The van der Waals surface area contributed by atoms with Gasteiger partial charge in [0.25, 0.3) is 5.91 Å². The first kappa shape index (κ1) is 19.9. The fourth-order valence-corrected chi connectivity index (χ4v) is 2.66. The first-order valence-corrected chi connectivity index (χ1v) is 9.11. The number of nitrogens with zero attached hydrogens (tertiary/aromatic N) is 4. The van der Waals surface area contributed by atoms with E-state index in [1.165, 1.54) is 11.3 Å². The fraction of sp³-hybridized carbons (Fsp3) is 0.238. The average molecular weight is 392 g/mol. The minimum Gasteiger partial charge on any atom is -0.494 e. The summed E-state index contributed by atoms with van der Waals surface area (Å²) in [5.74, 6) is 1.42. The van der Waals surface area contributed by atoms with Gasteiger partial charge >= 0.3 is 0 Å². The van der Waals surface area contributed by atoms with Gasteiger partial charge in [-0.3, -0.25) is 4.79 Å². The molecular formula is C21H20N4O4. The maximum Gasteiger partial charge on any atom is 0.264 e. The van der Waals surface area contributed by atoms with E-state index in [0.717, 1.165) is 11.3 Å². The number of carbonyl (C=O) groups excluding carboxylic acids is 1. The lowest BCUT2D eigenvalue weighted by Crippen LogP contribution is -2.35. The molecule has 1 aromatic heterocycles. The Morgan fingerprint density at radius 1 is 1.10 bits per heavy atom. The van der Waals surface area contributed by atoms with Crippen LogP contribution < -0.4 is 14.4 Å². The molecule has 0 spiro atoms. The Morgan fingerprint density at radius 2 is 1.79 bits per heavy atom. The van der Waals surface area contributed by atoms with E-state index in [-0.39, 0.29) is 25.5 Å². The van der Waals surface area contributed by atoms with E-state index in [1.807, 2.05) is 6.92 Å². The van der Waals surface area contributed by atoms with Gasteiger partial charge in [0.1, 0.15) is 11.5 Å². The van der Waals surface area contributed by atoms with Crippen LogP contribution in [-0.4, -0.2) is 35.9 Å². The lowest BCUT2D eigenvalue weighted by Gasteiger charge is -2.22. The summed E-state index contributed by atoms with van der Waals surface area (Å²) in [5.41, 5.74) is 1.44. The number of hydrogen-bond donors (Lipinski definition) is 0. The van der Waals surface area contributed by atoms with Crippen molar-refractivity contribution in [3.63, 3.8) is 0 Å². The van der Waals surface area contributed by atoms with Gasteiger partial charge in [-0.2, -0.15) is 5.26 Å². The molecule has 29 heavy (non-hydrogen) atoms. The van der Waals surface area contributed by atoms with Gasteiger partial charge in [0, 0.05) is 17.8 Å². The van der Waals surface area contributed by atoms with E-state index >= 15 is 0 Å². The number of benzene rings is 2. The van der Waals surface area contributed by atoms with Gasteiger partial charge in [-0.25, -0.2) is 0 Å². The van der Waals surface area contributed by atoms with Crippen molar-refractivity contribution in [1.82, 2.24) is 10.2 Å². The predicted molar refractivity (Wildman–Crippen MR) is 105 cm³/mol.